The topological polar surface area (TPSA) is 37.3 Å². The third-order valence-corrected chi connectivity index (χ3v) is 9.00. The number of allylic oxidation sites excluding steroid dienone is 1. The molecule has 4 aliphatic carbocycles. The molecule has 8 atom stereocenters. The van der Waals surface area contributed by atoms with Crippen LogP contribution in [-0.4, -0.2) is 17.5 Å². The van der Waals surface area contributed by atoms with Gasteiger partial charge in [-0.25, -0.2) is 0 Å². The summed E-state index contributed by atoms with van der Waals surface area (Å²) in [5, 5.41) is 10.1. The molecule has 0 heterocycles. The first-order valence-electron chi connectivity index (χ1n) is 10.2. The van der Waals surface area contributed by atoms with E-state index < -0.39 is 0 Å². The zero-order chi connectivity index (χ0) is 17.1. The van der Waals surface area contributed by atoms with E-state index in [-0.39, 0.29) is 12.0 Å². The Labute approximate surface area is 147 Å². The Kier molecular flexibility index (Phi) is 3.99. The third-order valence-electron chi connectivity index (χ3n) is 9.00. The van der Waals surface area contributed by atoms with Crippen molar-refractivity contribution in [2.45, 2.75) is 78.2 Å². The van der Waals surface area contributed by atoms with Crippen molar-refractivity contribution >= 4 is 6.29 Å². The number of fused-ring (bicyclic) bond motifs is 5. The van der Waals surface area contributed by atoms with Crippen LogP contribution in [0.2, 0.25) is 0 Å². The van der Waals surface area contributed by atoms with Crippen LogP contribution in [0.1, 0.15) is 72.1 Å². The molecule has 0 radical (unpaired) electrons. The monoisotopic (exact) mass is 330 g/mol. The molecule has 3 fully saturated rings. The zero-order valence-electron chi connectivity index (χ0n) is 15.6. The Balaban J connectivity index is 1.64. The number of carbonyl (C=O) groups is 1. The molecular formula is C22H34O2. The number of rotatable bonds is 2. The van der Waals surface area contributed by atoms with Crippen molar-refractivity contribution in [2.75, 3.05) is 0 Å². The first-order valence-corrected chi connectivity index (χ1v) is 10.2. The molecule has 0 aromatic carbocycles. The van der Waals surface area contributed by atoms with Gasteiger partial charge in [-0.2, -0.15) is 0 Å². The van der Waals surface area contributed by atoms with Crippen LogP contribution >= 0.6 is 0 Å². The average molecular weight is 331 g/mol. The Morgan fingerprint density at radius 1 is 1.17 bits per heavy atom. The minimum atomic E-state index is -0.112. The van der Waals surface area contributed by atoms with Gasteiger partial charge in [0.2, 0.25) is 0 Å². The van der Waals surface area contributed by atoms with Gasteiger partial charge in [0.25, 0.3) is 0 Å². The molecule has 134 valence electrons. The molecule has 4 rings (SSSR count). The lowest BCUT2D eigenvalue weighted by Gasteiger charge is -2.58. The molecule has 2 nitrogen and oxygen atoms in total. The summed E-state index contributed by atoms with van der Waals surface area (Å²) in [6, 6.07) is 0. The fourth-order valence-corrected chi connectivity index (χ4v) is 7.64. The Morgan fingerprint density at radius 3 is 2.71 bits per heavy atom. The molecule has 0 unspecified atom stereocenters. The van der Waals surface area contributed by atoms with Crippen LogP contribution in [0.4, 0.5) is 0 Å². The highest BCUT2D eigenvalue weighted by molar-refractivity contribution is 5.53. The lowest BCUT2D eigenvalue weighted by molar-refractivity contribution is -0.115. The van der Waals surface area contributed by atoms with Gasteiger partial charge in [0.15, 0.2) is 0 Å². The van der Waals surface area contributed by atoms with Crippen LogP contribution in [-0.2, 0) is 4.79 Å². The fraction of sp³-hybridized carbons (Fsp3) is 0.864. The highest BCUT2D eigenvalue weighted by Crippen LogP contribution is 2.66. The van der Waals surface area contributed by atoms with E-state index in [0.29, 0.717) is 16.7 Å². The second-order valence-electron chi connectivity index (χ2n) is 9.88. The minimum absolute atomic E-state index is 0.112. The molecule has 0 aliphatic heterocycles. The van der Waals surface area contributed by atoms with Gasteiger partial charge in [0.05, 0.1) is 6.10 Å². The van der Waals surface area contributed by atoms with Crippen molar-refractivity contribution in [3.05, 3.63) is 11.6 Å². The normalized spacial score (nSPS) is 51.8. The van der Waals surface area contributed by atoms with Crippen molar-refractivity contribution in [2.24, 2.45) is 40.4 Å². The van der Waals surface area contributed by atoms with Gasteiger partial charge in [-0.1, -0.05) is 32.4 Å². The lowest BCUT2D eigenvalue weighted by Crippen LogP contribution is -2.50. The number of hydrogen-bond acceptors (Lipinski definition) is 2. The summed E-state index contributed by atoms with van der Waals surface area (Å²) in [4.78, 5) is 11.4. The molecule has 2 heteroatoms. The maximum atomic E-state index is 11.4. The Bertz CT molecular complexity index is 552. The second-order valence-corrected chi connectivity index (χ2v) is 9.88. The van der Waals surface area contributed by atoms with E-state index in [0.717, 1.165) is 30.6 Å². The van der Waals surface area contributed by atoms with Crippen LogP contribution < -0.4 is 0 Å². The molecule has 3 saturated carbocycles. The van der Waals surface area contributed by atoms with E-state index in [4.69, 9.17) is 0 Å². The van der Waals surface area contributed by atoms with Crippen molar-refractivity contribution in [3.8, 4) is 0 Å². The molecule has 0 aromatic rings. The maximum Gasteiger partial charge on any atom is 0.123 e. The van der Waals surface area contributed by atoms with Gasteiger partial charge >= 0.3 is 0 Å². The van der Waals surface area contributed by atoms with E-state index in [1.165, 1.54) is 44.8 Å². The number of hydrogen-bond donors (Lipinski definition) is 1. The van der Waals surface area contributed by atoms with Gasteiger partial charge in [0.1, 0.15) is 6.29 Å². The first-order chi connectivity index (χ1) is 11.4. The summed E-state index contributed by atoms with van der Waals surface area (Å²) in [5.74, 6) is 3.20. The molecule has 0 saturated heterocycles. The zero-order valence-corrected chi connectivity index (χ0v) is 15.6. The average Bonchev–Trinajstić information content (AvgIpc) is 2.92. The van der Waals surface area contributed by atoms with E-state index in [9.17, 15) is 9.90 Å². The van der Waals surface area contributed by atoms with Crippen LogP contribution in [0.3, 0.4) is 0 Å². The van der Waals surface area contributed by atoms with E-state index in [2.05, 4.69) is 26.8 Å². The van der Waals surface area contributed by atoms with Crippen LogP contribution in [0.5, 0.6) is 0 Å². The van der Waals surface area contributed by atoms with Crippen molar-refractivity contribution in [1.29, 1.82) is 0 Å². The van der Waals surface area contributed by atoms with Crippen LogP contribution in [0.15, 0.2) is 11.6 Å². The second kappa shape index (κ2) is 5.69. The predicted octanol–water partition coefficient (Wildman–Crippen LogP) is 4.76. The number of aliphatic hydroxyl groups excluding tert-OH is 1. The molecular weight excluding hydrogens is 296 g/mol. The van der Waals surface area contributed by atoms with E-state index in [1.54, 1.807) is 5.57 Å². The Hall–Kier alpha value is -0.630. The van der Waals surface area contributed by atoms with Gasteiger partial charge in [-0.15, -0.1) is 0 Å². The largest absolute Gasteiger partial charge is 0.393 e. The molecule has 0 spiro atoms. The molecule has 0 amide bonds. The van der Waals surface area contributed by atoms with Crippen LogP contribution in [0.25, 0.3) is 0 Å². The number of carbonyl (C=O) groups excluding carboxylic acids is 1. The highest BCUT2D eigenvalue weighted by atomic mass is 16.3. The van der Waals surface area contributed by atoms with E-state index in [1.807, 2.05) is 0 Å². The lowest BCUT2D eigenvalue weighted by atomic mass is 9.47. The third kappa shape index (κ3) is 2.21. The molecule has 24 heavy (non-hydrogen) atoms. The summed E-state index contributed by atoms with van der Waals surface area (Å²) >= 11 is 0. The SMILES string of the molecule is C[C@H](C=O)[C@H]1CC[C@H]2[C@@H]3CC=C4C[C@@H](O)CC[C@]4(C)[C@H]3CC[C@]12C. The van der Waals surface area contributed by atoms with Gasteiger partial charge in [0, 0.05) is 5.92 Å². The highest BCUT2D eigenvalue weighted by Gasteiger charge is 2.59. The standard InChI is InChI=1S/C22H34O2/c1-14(13-23)18-6-7-19-17-5-4-15-12-16(24)8-10-21(15,2)20(17)9-11-22(18,19)3/h4,13-14,16-20,24H,5-12H2,1-3H3/t14-,16+,17+,18-,19+,20+,21+,22-/m1/s1. The van der Waals surface area contributed by atoms with E-state index >= 15 is 0 Å². The molecule has 0 aromatic heterocycles. The summed E-state index contributed by atoms with van der Waals surface area (Å²) in [5.41, 5.74) is 2.26. The van der Waals surface area contributed by atoms with Crippen LogP contribution in [0, 0.1) is 40.4 Å². The number of aliphatic hydroxyl groups is 1. The molecule has 4 aliphatic rings. The smallest absolute Gasteiger partial charge is 0.123 e. The van der Waals surface area contributed by atoms with Gasteiger partial charge < -0.3 is 9.90 Å². The summed E-state index contributed by atoms with van der Waals surface area (Å²) in [7, 11) is 0. The number of aldehydes is 1. The maximum absolute atomic E-state index is 11.4. The summed E-state index contributed by atoms with van der Waals surface area (Å²) in [6.45, 7) is 7.13. The predicted molar refractivity (Wildman–Crippen MR) is 96.4 cm³/mol. The van der Waals surface area contributed by atoms with Gasteiger partial charge in [-0.3, -0.25) is 0 Å². The first kappa shape index (κ1) is 16.8. The van der Waals surface area contributed by atoms with Crippen molar-refractivity contribution in [1.82, 2.24) is 0 Å². The quantitative estimate of drug-likeness (QED) is 0.585. The molecule has 1 N–H and O–H groups in total. The minimum Gasteiger partial charge on any atom is -0.393 e. The van der Waals surface area contributed by atoms with Crippen molar-refractivity contribution in [3.63, 3.8) is 0 Å². The summed E-state index contributed by atoms with van der Waals surface area (Å²) in [6.07, 6.45) is 13.0. The fourth-order valence-electron chi connectivity index (χ4n) is 7.64. The Morgan fingerprint density at radius 2 is 1.96 bits per heavy atom. The summed E-state index contributed by atoms with van der Waals surface area (Å²) < 4.78 is 0. The van der Waals surface area contributed by atoms with Gasteiger partial charge in [-0.05, 0) is 85.9 Å². The molecule has 0 bridgehead atoms. The van der Waals surface area contributed by atoms with Crippen molar-refractivity contribution < 1.29 is 9.90 Å².